The van der Waals surface area contributed by atoms with E-state index in [1.807, 2.05) is 6.92 Å². The van der Waals surface area contributed by atoms with Crippen LogP contribution in [0.5, 0.6) is 0 Å². The summed E-state index contributed by atoms with van der Waals surface area (Å²) in [5.74, 6) is -0.648. The molecule has 2 saturated carbocycles. The first kappa shape index (κ1) is 13.0. The minimum Gasteiger partial charge on any atom is -0.310 e. The monoisotopic (exact) mass is 269 g/mol. The number of hydrogen-bond acceptors (Lipinski definition) is 1. The Morgan fingerprint density at radius 3 is 2.21 bits per heavy atom. The van der Waals surface area contributed by atoms with Crippen molar-refractivity contribution in [2.45, 2.75) is 32.2 Å². The second-order valence-electron chi connectivity index (χ2n) is 5.81. The van der Waals surface area contributed by atoms with Gasteiger partial charge >= 0.3 is 0 Å². The molecule has 1 aromatic rings. The molecule has 0 radical (unpaired) electrons. The Balaban J connectivity index is 1.91. The summed E-state index contributed by atoms with van der Waals surface area (Å²) in [6.45, 7) is 2.56. The van der Waals surface area contributed by atoms with Crippen molar-refractivity contribution in [3.8, 4) is 0 Å². The average molecular weight is 269 g/mol. The van der Waals surface area contributed by atoms with Gasteiger partial charge in [0.25, 0.3) is 0 Å². The lowest BCUT2D eigenvalue weighted by Crippen LogP contribution is -2.29. The molecule has 2 fully saturated rings. The highest BCUT2D eigenvalue weighted by molar-refractivity contribution is 5.26. The molecular formula is C15H18F3N. The summed E-state index contributed by atoms with van der Waals surface area (Å²) in [6.07, 6.45) is 3.32. The van der Waals surface area contributed by atoms with Gasteiger partial charge in [-0.15, -0.1) is 0 Å². The van der Waals surface area contributed by atoms with Crippen molar-refractivity contribution in [3.05, 3.63) is 35.1 Å². The molecule has 0 spiro atoms. The van der Waals surface area contributed by atoms with E-state index in [-0.39, 0.29) is 17.5 Å². The summed E-state index contributed by atoms with van der Waals surface area (Å²) >= 11 is 0. The van der Waals surface area contributed by atoms with Gasteiger partial charge in [0.15, 0.2) is 0 Å². The van der Waals surface area contributed by atoms with Gasteiger partial charge in [-0.05, 0) is 43.6 Å². The van der Waals surface area contributed by atoms with Crippen LogP contribution >= 0.6 is 0 Å². The Morgan fingerprint density at radius 2 is 1.68 bits per heavy atom. The van der Waals surface area contributed by atoms with Gasteiger partial charge in [-0.1, -0.05) is 6.92 Å². The summed E-state index contributed by atoms with van der Waals surface area (Å²) in [5, 5.41) is 3.18. The first-order valence-electron chi connectivity index (χ1n) is 6.98. The first-order chi connectivity index (χ1) is 9.10. The summed E-state index contributed by atoms with van der Waals surface area (Å²) in [6, 6.07) is 1.22. The topological polar surface area (TPSA) is 12.0 Å². The summed E-state index contributed by atoms with van der Waals surface area (Å²) in [4.78, 5) is 0. The number of nitrogens with one attached hydrogen (secondary N) is 1. The highest BCUT2D eigenvalue weighted by Crippen LogP contribution is 2.57. The first-order valence-corrected chi connectivity index (χ1v) is 6.98. The number of fused-ring (bicyclic) bond motifs is 1. The molecule has 104 valence electrons. The zero-order valence-corrected chi connectivity index (χ0v) is 10.9. The van der Waals surface area contributed by atoms with Gasteiger partial charge in [0.1, 0.15) is 17.5 Å². The highest BCUT2D eigenvalue weighted by Gasteiger charge is 2.48. The molecule has 4 heteroatoms. The van der Waals surface area contributed by atoms with Crippen LogP contribution in [-0.4, -0.2) is 6.54 Å². The van der Waals surface area contributed by atoms with E-state index in [1.54, 1.807) is 0 Å². The Morgan fingerprint density at radius 1 is 1.11 bits per heavy atom. The Kier molecular flexibility index (Phi) is 3.29. The fraction of sp³-hybridized carbons (Fsp3) is 0.600. The molecule has 2 aliphatic carbocycles. The molecule has 0 saturated heterocycles. The lowest BCUT2D eigenvalue weighted by Gasteiger charge is -2.26. The minimum atomic E-state index is -0.858. The number of rotatable bonds is 4. The molecule has 0 heterocycles. The van der Waals surface area contributed by atoms with Crippen LogP contribution in [0, 0.1) is 35.2 Å². The summed E-state index contributed by atoms with van der Waals surface area (Å²) < 4.78 is 40.9. The van der Waals surface area contributed by atoms with Crippen LogP contribution in [0.4, 0.5) is 13.2 Å². The predicted molar refractivity (Wildman–Crippen MR) is 67.1 cm³/mol. The number of halogens is 3. The zero-order chi connectivity index (χ0) is 13.6. The maximum Gasteiger partial charge on any atom is 0.133 e. The van der Waals surface area contributed by atoms with Crippen LogP contribution < -0.4 is 5.32 Å². The number of hydrogen-bond donors (Lipinski definition) is 1. The van der Waals surface area contributed by atoms with Gasteiger partial charge < -0.3 is 5.32 Å². The third kappa shape index (κ3) is 2.38. The fourth-order valence-corrected chi connectivity index (χ4v) is 3.61. The van der Waals surface area contributed by atoms with E-state index >= 15 is 0 Å². The van der Waals surface area contributed by atoms with Crippen molar-refractivity contribution in [2.75, 3.05) is 6.54 Å². The van der Waals surface area contributed by atoms with Crippen LogP contribution in [0.25, 0.3) is 0 Å². The van der Waals surface area contributed by atoms with Gasteiger partial charge in [-0.2, -0.15) is 0 Å². The molecular weight excluding hydrogens is 251 g/mol. The van der Waals surface area contributed by atoms with Gasteiger partial charge in [0.2, 0.25) is 0 Å². The van der Waals surface area contributed by atoms with E-state index < -0.39 is 17.5 Å². The molecule has 3 atom stereocenters. The maximum atomic E-state index is 13.9. The van der Waals surface area contributed by atoms with Crippen LogP contribution in [0.2, 0.25) is 0 Å². The van der Waals surface area contributed by atoms with Gasteiger partial charge in [0.05, 0.1) is 0 Å². The Labute approximate surface area is 111 Å². The second kappa shape index (κ2) is 4.82. The largest absolute Gasteiger partial charge is 0.310 e. The molecule has 3 unspecified atom stereocenters. The number of benzene rings is 1. The van der Waals surface area contributed by atoms with Crippen molar-refractivity contribution < 1.29 is 13.2 Å². The van der Waals surface area contributed by atoms with Crippen LogP contribution in [0.3, 0.4) is 0 Å². The molecule has 2 aliphatic rings. The molecule has 1 nitrogen and oxygen atoms in total. The third-order valence-electron chi connectivity index (χ3n) is 4.53. The zero-order valence-electron chi connectivity index (χ0n) is 10.9. The molecule has 3 rings (SSSR count). The maximum absolute atomic E-state index is 13.9. The minimum absolute atomic E-state index is 0.00884. The van der Waals surface area contributed by atoms with Crippen molar-refractivity contribution in [3.63, 3.8) is 0 Å². The SMILES string of the molecule is CCNC(c1c(F)cc(F)cc1F)C1CC2CC2C1. The molecule has 0 amide bonds. The molecule has 0 aromatic heterocycles. The second-order valence-corrected chi connectivity index (χ2v) is 5.81. The fourth-order valence-electron chi connectivity index (χ4n) is 3.61. The van der Waals surface area contributed by atoms with Gasteiger partial charge in [0, 0.05) is 23.7 Å². The lowest BCUT2D eigenvalue weighted by molar-refractivity contribution is 0.326. The predicted octanol–water partition coefficient (Wildman–Crippen LogP) is 3.80. The van der Waals surface area contributed by atoms with Crippen molar-refractivity contribution >= 4 is 0 Å². The van der Waals surface area contributed by atoms with Crippen molar-refractivity contribution in [2.24, 2.45) is 17.8 Å². The molecule has 1 N–H and O–H groups in total. The van der Waals surface area contributed by atoms with E-state index in [4.69, 9.17) is 0 Å². The van der Waals surface area contributed by atoms with E-state index in [0.717, 1.165) is 36.8 Å². The quantitative estimate of drug-likeness (QED) is 0.876. The van der Waals surface area contributed by atoms with Gasteiger partial charge in [-0.3, -0.25) is 0 Å². The van der Waals surface area contributed by atoms with E-state index in [9.17, 15) is 13.2 Å². The lowest BCUT2D eigenvalue weighted by atomic mass is 9.88. The van der Waals surface area contributed by atoms with E-state index in [1.165, 1.54) is 6.42 Å². The van der Waals surface area contributed by atoms with Crippen LogP contribution in [-0.2, 0) is 0 Å². The van der Waals surface area contributed by atoms with E-state index in [2.05, 4.69) is 5.32 Å². The van der Waals surface area contributed by atoms with Crippen LogP contribution in [0.15, 0.2) is 12.1 Å². The summed E-state index contributed by atoms with van der Waals surface area (Å²) in [7, 11) is 0. The standard InChI is InChI=1S/C15H18F3N/c1-2-19-15(10-4-8-3-9(8)5-10)14-12(17)6-11(16)7-13(14)18/h6-10,15,19H,2-5H2,1H3. The van der Waals surface area contributed by atoms with Crippen molar-refractivity contribution in [1.29, 1.82) is 0 Å². The normalized spacial score (nSPS) is 30.2. The molecule has 19 heavy (non-hydrogen) atoms. The van der Waals surface area contributed by atoms with E-state index in [0.29, 0.717) is 6.54 Å². The molecule has 0 bridgehead atoms. The van der Waals surface area contributed by atoms with Crippen LogP contribution in [0.1, 0.15) is 37.8 Å². The smallest absolute Gasteiger partial charge is 0.133 e. The average Bonchev–Trinajstić information content (AvgIpc) is 2.94. The third-order valence-corrected chi connectivity index (χ3v) is 4.53. The molecule has 0 aliphatic heterocycles. The Hall–Kier alpha value is -1.03. The Bertz CT molecular complexity index is 455. The van der Waals surface area contributed by atoms with Crippen molar-refractivity contribution in [1.82, 2.24) is 5.32 Å². The highest BCUT2D eigenvalue weighted by atomic mass is 19.1. The molecule has 1 aromatic carbocycles. The van der Waals surface area contributed by atoms with Gasteiger partial charge in [-0.25, -0.2) is 13.2 Å². The summed E-state index contributed by atoms with van der Waals surface area (Å²) in [5.41, 5.74) is 0.00884.